The number of isothiocyanates is 1. The first kappa shape index (κ1) is 10.9. The molecule has 0 fully saturated rings. The SMILES string of the molecule is COc1ccc(C(C)C)cc1N=C=S. The second kappa shape index (κ2) is 4.89. The molecule has 0 aromatic heterocycles. The van der Waals surface area contributed by atoms with Gasteiger partial charge in [0, 0.05) is 0 Å². The van der Waals surface area contributed by atoms with Crippen molar-refractivity contribution in [3.05, 3.63) is 23.8 Å². The molecule has 14 heavy (non-hydrogen) atoms. The summed E-state index contributed by atoms with van der Waals surface area (Å²) in [6, 6.07) is 5.91. The van der Waals surface area contributed by atoms with E-state index in [0.29, 0.717) is 5.92 Å². The van der Waals surface area contributed by atoms with Crippen LogP contribution in [0.15, 0.2) is 23.2 Å². The molecule has 0 bridgehead atoms. The highest BCUT2D eigenvalue weighted by molar-refractivity contribution is 7.78. The van der Waals surface area contributed by atoms with E-state index < -0.39 is 0 Å². The summed E-state index contributed by atoms with van der Waals surface area (Å²) in [5.41, 5.74) is 1.96. The first-order valence-electron chi connectivity index (χ1n) is 4.45. The Hall–Kier alpha value is -1.18. The summed E-state index contributed by atoms with van der Waals surface area (Å²) in [6.07, 6.45) is 0. The maximum atomic E-state index is 5.15. The van der Waals surface area contributed by atoms with Crippen LogP contribution in [0.3, 0.4) is 0 Å². The van der Waals surface area contributed by atoms with Crippen LogP contribution in [0.1, 0.15) is 25.3 Å². The summed E-state index contributed by atoms with van der Waals surface area (Å²) in [6.45, 7) is 4.26. The Morgan fingerprint density at radius 2 is 2.14 bits per heavy atom. The van der Waals surface area contributed by atoms with Crippen molar-refractivity contribution in [2.45, 2.75) is 19.8 Å². The molecule has 1 aromatic rings. The summed E-state index contributed by atoms with van der Waals surface area (Å²) < 4.78 is 5.15. The zero-order valence-corrected chi connectivity index (χ0v) is 9.39. The van der Waals surface area contributed by atoms with Crippen LogP contribution in [0.2, 0.25) is 0 Å². The molecular weight excluding hydrogens is 194 g/mol. The van der Waals surface area contributed by atoms with Crippen LogP contribution >= 0.6 is 12.2 Å². The zero-order chi connectivity index (χ0) is 10.6. The van der Waals surface area contributed by atoms with E-state index in [-0.39, 0.29) is 0 Å². The third kappa shape index (κ3) is 2.41. The third-order valence-corrected chi connectivity index (χ3v) is 2.13. The van der Waals surface area contributed by atoms with Crippen molar-refractivity contribution in [2.75, 3.05) is 7.11 Å². The number of rotatable bonds is 3. The van der Waals surface area contributed by atoms with Gasteiger partial charge in [-0.25, -0.2) is 0 Å². The predicted octanol–water partition coefficient (Wildman–Crippen LogP) is 3.55. The van der Waals surface area contributed by atoms with Gasteiger partial charge in [0.25, 0.3) is 0 Å². The molecule has 0 spiro atoms. The minimum absolute atomic E-state index is 0.472. The number of hydrogen-bond acceptors (Lipinski definition) is 3. The molecule has 0 aliphatic rings. The summed E-state index contributed by atoms with van der Waals surface area (Å²) >= 11 is 4.58. The number of thiocarbonyl (C=S) groups is 1. The lowest BCUT2D eigenvalue weighted by molar-refractivity contribution is 0.416. The molecule has 0 heterocycles. The van der Waals surface area contributed by atoms with Gasteiger partial charge in [-0.05, 0) is 35.8 Å². The van der Waals surface area contributed by atoms with Crippen molar-refractivity contribution in [2.24, 2.45) is 4.99 Å². The molecule has 0 aliphatic carbocycles. The van der Waals surface area contributed by atoms with Crippen LogP contribution < -0.4 is 4.74 Å². The van der Waals surface area contributed by atoms with Crippen LogP contribution in [0.4, 0.5) is 5.69 Å². The molecule has 2 nitrogen and oxygen atoms in total. The largest absolute Gasteiger partial charge is 0.494 e. The van der Waals surface area contributed by atoms with E-state index in [1.165, 1.54) is 5.56 Å². The second-order valence-corrected chi connectivity index (χ2v) is 3.47. The van der Waals surface area contributed by atoms with Crippen molar-refractivity contribution in [3.63, 3.8) is 0 Å². The molecule has 3 heteroatoms. The van der Waals surface area contributed by atoms with E-state index in [1.54, 1.807) is 7.11 Å². The number of benzene rings is 1. The Morgan fingerprint density at radius 3 is 2.64 bits per heavy atom. The maximum Gasteiger partial charge on any atom is 0.145 e. The van der Waals surface area contributed by atoms with E-state index in [0.717, 1.165) is 11.4 Å². The molecule has 74 valence electrons. The average Bonchev–Trinajstić information content (AvgIpc) is 2.18. The fraction of sp³-hybridized carbons (Fsp3) is 0.364. The molecule has 0 saturated carbocycles. The lowest BCUT2D eigenvalue weighted by Crippen LogP contribution is -1.89. The summed E-state index contributed by atoms with van der Waals surface area (Å²) in [7, 11) is 1.62. The molecule has 0 atom stereocenters. The molecule has 0 N–H and O–H groups in total. The summed E-state index contributed by atoms with van der Waals surface area (Å²) in [4.78, 5) is 3.96. The topological polar surface area (TPSA) is 21.6 Å². The van der Waals surface area contributed by atoms with Crippen molar-refractivity contribution in [1.29, 1.82) is 0 Å². The van der Waals surface area contributed by atoms with Gasteiger partial charge >= 0.3 is 0 Å². The van der Waals surface area contributed by atoms with Crippen LogP contribution in [0.25, 0.3) is 0 Å². The van der Waals surface area contributed by atoms with Crippen LogP contribution in [0.5, 0.6) is 5.75 Å². The van der Waals surface area contributed by atoms with E-state index in [9.17, 15) is 0 Å². The van der Waals surface area contributed by atoms with Crippen LogP contribution in [0, 0.1) is 0 Å². The molecule has 1 aromatic carbocycles. The number of methoxy groups -OCH3 is 1. The highest BCUT2D eigenvalue weighted by Crippen LogP contribution is 2.30. The van der Waals surface area contributed by atoms with Crippen molar-refractivity contribution >= 4 is 23.1 Å². The van der Waals surface area contributed by atoms with Gasteiger partial charge in [0.15, 0.2) is 0 Å². The molecule has 0 radical (unpaired) electrons. The lowest BCUT2D eigenvalue weighted by atomic mass is 10.0. The van der Waals surface area contributed by atoms with E-state index in [1.807, 2.05) is 18.2 Å². The van der Waals surface area contributed by atoms with Gasteiger partial charge in [-0.15, -0.1) is 0 Å². The highest BCUT2D eigenvalue weighted by atomic mass is 32.1. The minimum Gasteiger partial charge on any atom is -0.494 e. The van der Waals surface area contributed by atoms with E-state index >= 15 is 0 Å². The predicted molar refractivity (Wildman–Crippen MR) is 61.8 cm³/mol. The van der Waals surface area contributed by atoms with Gasteiger partial charge < -0.3 is 4.74 Å². The first-order valence-corrected chi connectivity index (χ1v) is 4.85. The summed E-state index contributed by atoms with van der Waals surface area (Å²) in [5, 5.41) is 2.35. The Morgan fingerprint density at radius 1 is 1.43 bits per heavy atom. The van der Waals surface area contributed by atoms with Gasteiger partial charge in [0.1, 0.15) is 11.4 Å². The van der Waals surface area contributed by atoms with Gasteiger partial charge in [-0.2, -0.15) is 4.99 Å². The van der Waals surface area contributed by atoms with Gasteiger partial charge in [-0.3, -0.25) is 0 Å². The first-order chi connectivity index (χ1) is 6.69. The molecule has 1 rings (SSSR count). The minimum atomic E-state index is 0.472. The Kier molecular flexibility index (Phi) is 3.81. The monoisotopic (exact) mass is 207 g/mol. The summed E-state index contributed by atoms with van der Waals surface area (Å²) in [5.74, 6) is 1.20. The maximum absolute atomic E-state index is 5.15. The molecule has 0 saturated heterocycles. The smallest absolute Gasteiger partial charge is 0.145 e. The standard InChI is InChI=1S/C11H13NOS/c1-8(2)9-4-5-11(13-3)10(6-9)12-7-14/h4-6,8H,1-3H3. The number of nitrogens with zero attached hydrogens (tertiary/aromatic N) is 1. The van der Waals surface area contributed by atoms with E-state index in [4.69, 9.17) is 4.74 Å². The number of ether oxygens (including phenoxy) is 1. The molecule has 0 amide bonds. The van der Waals surface area contributed by atoms with Crippen molar-refractivity contribution < 1.29 is 4.74 Å². The normalized spacial score (nSPS) is 9.71. The zero-order valence-electron chi connectivity index (χ0n) is 8.57. The van der Waals surface area contributed by atoms with Crippen molar-refractivity contribution in [1.82, 2.24) is 0 Å². The van der Waals surface area contributed by atoms with Gasteiger partial charge in [0.2, 0.25) is 0 Å². The Balaban J connectivity index is 3.20. The van der Waals surface area contributed by atoms with Crippen LogP contribution in [-0.2, 0) is 0 Å². The van der Waals surface area contributed by atoms with Gasteiger partial charge in [0.05, 0.1) is 12.3 Å². The number of hydrogen-bond donors (Lipinski definition) is 0. The average molecular weight is 207 g/mol. The molecule has 0 unspecified atom stereocenters. The quantitative estimate of drug-likeness (QED) is 0.558. The fourth-order valence-corrected chi connectivity index (χ4v) is 1.30. The van der Waals surface area contributed by atoms with Crippen molar-refractivity contribution in [3.8, 4) is 5.75 Å². The number of aliphatic imine (C=N–C) groups is 1. The lowest BCUT2D eigenvalue weighted by Gasteiger charge is -2.08. The fourth-order valence-electron chi connectivity index (χ4n) is 1.20. The highest BCUT2D eigenvalue weighted by Gasteiger charge is 2.05. The second-order valence-electron chi connectivity index (χ2n) is 3.29. The van der Waals surface area contributed by atoms with Crippen LogP contribution in [-0.4, -0.2) is 12.3 Å². The Bertz CT molecular complexity index is 368. The Labute approximate surface area is 89.6 Å². The van der Waals surface area contributed by atoms with Gasteiger partial charge in [-0.1, -0.05) is 19.9 Å². The third-order valence-electron chi connectivity index (χ3n) is 2.04. The molecule has 0 aliphatic heterocycles. The molecular formula is C11H13NOS. The van der Waals surface area contributed by atoms with E-state index in [2.05, 4.69) is 36.2 Å².